The van der Waals surface area contributed by atoms with E-state index in [0.717, 1.165) is 16.6 Å². The highest BCUT2D eigenvalue weighted by Gasteiger charge is 2.07. The zero-order valence-electron chi connectivity index (χ0n) is 9.96. The van der Waals surface area contributed by atoms with Gasteiger partial charge in [0.15, 0.2) is 0 Å². The third-order valence-electron chi connectivity index (χ3n) is 2.47. The van der Waals surface area contributed by atoms with Gasteiger partial charge in [-0.2, -0.15) is 5.10 Å². The van der Waals surface area contributed by atoms with E-state index in [9.17, 15) is 4.79 Å². The Morgan fingerprint density at radius 2 is 2.38 bits per heavy atom. The smallest absolute Gasteiger partial charge is 0.222 e. The van der Waals surface area contributed by atoms with Crippen molar-refractivity contribution in [3.05, 3.63) is 16.4 Å². The van der Waals surface area contributed by atoms with Crippen LogP contribution in [0.4, 0.5) is 0 Å². The summed E-state index contributed by atoms with van der Waals surface area (Å²) in [6, 6.07) is 0.249. The molecule has 0 saturated carbocycles. The molecular formula is C11H18BrN3O. The summed E-state index contributed by atoms with van der Waals surface area (Å²) in [4.78, 5) is 11.5. The lowest BCUT2D eigenvalue weighted by Crippen LogP contribution is -2.32. The Morgan fingerprint density at radius 1 is 1.69 bits per heavy atom. The number of nitrogens with one attached hydrogen (secondary N) is 1. The molecule has 1 atom stereocenters. The molecule has 0 aromatic carbocycles. The van der Waals surface area contributed by atoms with Crippen molar-refractivity contribution >= 4 is 21.8 Å². The zero-order valence-corrected chi connectivity index (χ0v) is 11.5. The van der Waals surface area contributed by atoms with Gasteiger partial charge in [0.25, 0.3) is 0 Å². The molecule has 0 aliphatic rings. The molecule has 0 radical (unpaired) electrons. The number of amides is 1. The number of carbonyl (C=O) groups is 1. The van der Waals surface area contributed by atoms with Crippen LogP contribution in [0.15, 0.2) is 10.7 Å². The molecule has 1 aromatic rings. The fourth-order valence-corrected chi connectivity index (χ4v) is 1.59. The number of halogens is 1. The molecule has 1 aromatic heterocycles. The van der Waals surface area contributed by atoms with Crippen LogP contribution in [-0.2, 0) is 11.3 Å². The lowest BCUT2D eigenvalue weighted by Gasteiger charge is -2.10. The summed E-state index contributed by atoms with van der Waals surface area (Å²) < 4.78 is 2.77. The van der Waals surface area contributed by atoms with Gasteiger partial charge in [-0.05, 0) is 36.2 Å². The highest BCUT2D eigenvalue weighted by Crippen LogP contribution is 2.13. The van der Waals surface area contributed by atoms with Crippen LogP contribution in [0.2, 0.25) is 0 Å². The maximum atomic E-state index is 11.5. The number of carbonyl (C=O) groups excluding carboxylic acids is 1. The van der Waals surface area contributed by atoms with Crippen LogP contribution in [0.3, 0.4) is 0 Å². The summed E-state index contributed by atoms with van der Waals surface area (Å²) in [6.45, 7) is 6.61. The number of hydrogen-bond donors (Lipinski definition) is 1. The minimum atomic E-state index is 0.0821. The molecule has 0 aliphatic carbocycles. The van der Waals surface area contributed by atoms with Gasteiger partial charge in [0.05, 0.1) is 10.2 Å². The van der Waals surface area contributed by atoms with Crippen molar-refractivity contribution in [2.75, 3.05) is 0 Å². The summed E-state index contributed by atoms with van der Waals surface area (Å²) in [5, 5.41) is 7.20. The first-order valence-electron chi connectivity index (χ1n) is 5.51. The van der Waals surface area contributed by atoms with Crippen LogP contribution in [0, 0.1) is 6.92 Å². The third kappa shape index (κ3) is 3.96. The lowest BCUT2D eigenvalue weighted by atomic mass is 10.2. The Morgan fingerprint density at radius 3 is 2.88 bits per heavy atom. The van der Waals surface area contributed by atoms with Crippen molar-refractivity contribution in [3.63, 3.8) is 0 Å². The van der Waals surface area contributed by atoms with Crippen molar-refractivity contribution in [2.24, 2.45) is 0 Å². The second kappa shape index (κ2) is 6.03. The molecule has 0 spiro atoms. The molecule has 1 N–H and O–H groups in total. The summed E-state index contributed by atoms with van der Waals surface area (Å²) in [5.41, 5.74) is 0.947. The molecule has 1 unspecified atom stereocenters. The number of aryl methyl sites for hydroxylation is 2. The highest BCUT2D eigenvalue weighted by molar-refractivity contribution is 9.10. The Balaban J connectivity index is 2.37. The summed E-state index contributed by atoms with van der Waals surface area (Å²) in [7, 11) is 0. The Bertz CT molecular complexity index is 343. The van der Waals surface area contributed by atoms with Crippen LogP contribution >= 0.6 is 15.9 Å². The number of rotatable bonds is 5. The van der Waals surface area contributed by atoms with Crippen LogP contribution in [0.1, 0.15) is 32.4 Å². The number of aromatic nitrogens is 2. The van der Waals surface area contributed by atoms with Crippen LogP contribution in [0.25, 0.3) is 0 Å². The third-order valence-corrected chi connectivity index (χ3v) is 3.25. The van der Waals surface area contributed by atoms with E-state index in [4.69, 9.17) is 0 Å². The number of nitrogens with zero attached hydrogens (tertiary/aromatic N) is 2. The predicted molar refractivity (Wildman–Crippen MR) is 67.2 cm³/mol. The Kier molecular flexibility index (Phi) is 4.99. The van der Waals surface area contributed by atoms with Gasteiger partial charge in [0.2, 0.25) is 5.91 Å². The molecule has 1 heterocycles. The second-order valence-corrected chi connectivity index (χ2v) is 4.81. The molecular weight excluding hydrogens is 270 g/mol. The topological polar surface area (TPSA) is 46.9 Å². The van der Waals surface area contributed by atoms with E-state index in [1.165, 1.54) is 0 Å². The van der Waals surface area contributed by atoms with Gasteiger partial charge in [-0.15, -0.1) is 0 Å². The summed E-state index contributed by atoms with van der Waals surface area (Å²) >= 11 is 3.39. The quantitative estimate of drug-likeness (QED) is 0.903. The second-order valence-electron chi connectivity index (χ2n) is 3.95. The molecule has 1 amide bonds. The maximum absolute atomic E-state index is 11.5. The van der Waals surface area contributed by atoms with Crippen molar-refractivity contribution in [2.45, 2.75) is 46.2 Å². The minimum Gasteiger partial charge on any atom is -0.354 e. The van der Waals surface area contributed by atoms with E-state index in [2.05, 4.69) is 33.3 Å². The molecule has 0 aliphatic heterocycles. The SMILES string of the molecule is CCC(C)NC(=O)CCn1cc(Br)c(C)n1. The van der Waals surface area contributed by atoms with E-state index >= 15 is 0 Å². The first kappa shape index (κ1) is 13.2. The van der Waals surface area contributed by atoms with Crippen molar-refractivity contribution < 1.29 is 4.79 Å². The van der Waals surface area contributed by atoms with Crippen LogP contribution in [-0.4, -0.2) is 21.7 Å². The molecule has 5 heteroatoms. The van der Waals surface area contributed by atoms with Gasteiger partial charge < -0.3 is 5.32 Å². The summed E-state index contributed by atoms with van der Waals surface area (Å²) in [6.07, 6.45) is 3.32. The van der Waals surface area contributed by atoms with Gasteiger partial charge in [0.1, 0.15) is 0 Å². The molecule has 0 saturated heterocycles. The van der Waals surface area contributed by atoms with Crippen LogP contribution < -0.4 is 5.32 Å². The van der Waals surface area contributed by atoms with E-state index in [-0.39, 0.29) is 11.9 Å². The number of hydrogen-bond acceptors (Lipinski definition) is 2. The molecule has 90 valence electrons. The average Bonchev–Trinajstić information content (AvgIpc) is 2.55. The van der Waals surface area contributed by atoms with E-state index in [0.29, 0.717) is 13.0 Å². The van der Waals surface area contributed by atoms with Crippen molar-refractivity contribution in [1.82, 2.24) is 15.1 Å². The van der Waals surface area contributed by atoms with Crippen molar-refractivity contribution in [1.29, 1.82) is 0 Å². The van der Waals surface area contributed by atoms with Gasteiger partial charge in [-0.1, -0.05) is 6.92 Å². The Hall–Kier alpha value is -0.840. The molecule has 0 fully saturated rings. The fourth-order valence-electron chi connectivity index (χ4n) is 1.27. The highest BCUT2D eigenvalue weighted by atomic mass is 79.9. The van der Waals surface area contributed by atoms with Gasteiger partial charge in [0, 0.05) is 25.2 Å². The summed E-state index contributed by atoms with van der Waals surface area (Å²) in [5.74, 6) is 0.0821. The average molecular weight is 288 g/mol. The fraction of sp³-hybridized carbons (Fsp3) is 0.636. The van der Waals surface area contributed by atoms with Gasteiger partial charge in [-0.25, -0.2) is 0 Å². The normalized spacial score (nSPS) is 12.5. The first-order chi connectivity index (χ1) is 7.52. The van der Waals surface area contributed by atoms with Gasteiger partial charge in [-0.3, -0.25) is 9.48 Å². The zero-order chi connectivity index (χ0) is 12.1. The van der Waals surface area contributed by atoms with E-state index < -0.39 is 0 Å². The van der Waals surface area contributed by atoms with E-state index in [1.54, 1.807) is 4.68 Å². The van der Waals surface area contributed by atoms with Crippen LogP contribution in [0.5, 0.6) is 0 Å². The van der Waals surface area contributed by atoms with E-state index in [1.807, 2.05) is 20.0 Å². The lowest BCUT2D eigenvalue weighted by molar-refractivity contribution is -0.121. The first-order valence-corrected chi connectivity index (χ1v) is 6.31. The maximum Gasteiger partial charge on any atom is 0.222 e. The molecule has 4 nitrogen and oxygen atoms in total. The predicted octanol–water partition coefficient (Wildman–Crippen LogP) is 2.26. The molecule has 1 rings (SSSR count). The largest absolute Gasteiger partial charge is 0.354 e. The Labute approximate surface area is 105 Å². The van der Waals surface area contributed by atoms with Crippen molar-refractivity contribution in [3.8, 4) is 0 Å². The standard InChI is InChI=1S/C11H18BrN3O/c1-4-8(2)13-11(16)5-6-15-7-10(12)9(3)14-15/h7-8H,4-6H2,1-3H3,(H,13,16). The minimum absolute atomic E-state index is 0.0821. The monoisotopic (exact) mass is 287 g/mol. The van der Waals surface area contributed by atoms with Gasteiger partial charge >= 0.3 is 0 Å². The molecule has 0 bridgehead atoms. The molecule has 16 heavy (non-hydrogen) atoms.